The topological polar surface area (TPSA) is 104 Å². The van der Waals surface area contributed by atoms with Crippen LogP contribution in [0.4, 0.5) is 11.4 Å². The van der Waals surface area contributed by atoms with Gasteiger partial charge in [0.05, 0.1) is 15.5 Å². The highest BCUT2D eigenvalue weighted by atomic mass is 35.5. The van der Waals surface area contributed by atoms with E-state index in [1.165, 1.54) is 52.8 Å². The number of hydrogen-bond acceptors (Lipinski definition) is 5. The first-order chi connectivity index (χ1) is 17.6. The molecule has 1 fully saturated rings. The normalized spacial score (nSPS) is 14.8. The molecule has 3 aromatic carbocycles. The molecule has 0 atom stereocenters. The first-order valence-corrected chi connectivity index (χ1v) is 15.1. The van der Waals surface area contributed by atoms with Gasteiger partial charge < -0.3 is 5.32 Å². The third kappa shape index (κ3) is 6.32. The lowest BCUT2D eigenvalue weighted by atomic mass is 10.2. The molecule has 4 rings (SSSR count). The van der Waals surface area contributed by atoms with Gasteiger partial charge in [-0.15, -0.1) is 0 Å². The van der Waals surface area contributed by atoms with Gasteiger partial charge in [0.15, 0.2) is 0 Å². The number of halogens is 1. The Hall–Kier alpha value is -2.92. The quantitative estimate of drug-likeness (QED) is 0.431. The standard InChI is InChI=1S/C26H28ClN3O5S2/c1-20-5-11-23(12-6-20)30(37(34,35)25-13-7-21(27)8-14-25)19-26(31)28-22-9-15-24(16-10-22)36(32,33)29-17-3-2-4-18-29/h5-16H,2-4,17-19H2,1H3,(H,28,31). The molecule has 0 unspecified atom stereocenters. The first kappa shape index (κ1) is 27.1. The Balaban J connectivity index is 1.53. The zero-order chi connectivity index (χ0) is 26.6. The van der Waals surface area contributed by atoms with Crippen molar-refractivity contribution in [3.8, 4) is 0 Å². The summed E-state index contributed by atoms with van der Waals surface area (Å²) in [7, 11) is -7.68. The number of benzene rings is 3. The number of carbonyl (C=O) groups is 1. The maximum atomic E-state index is 13.5. The molecule has 0 bridgehead atoms. The van der Waals surface area contributed by atoms with Gasteiger partial charge in [-0.25, -0.2) is 16.8 Å². The fourth-order valence-electron chi connectivity index (χ4n) is 4.06. The van der Waals surface area contributed by atoms with Crippen LogP contribution in [0.1, 0.15) is 24.8 Å². The van der Waals surface area contributed by atoms with Crippen molar-refractivity contribution >= 4 is 48.9 Å². The van der Waals surface area contributed by atoms with Gasteiger partial charge in [0.1, 0.15) is 6.54 Å². The Morgan fingerprint density at radius 2 is 1.41 bits per heavy atom. The number of nitrogens with one attached hydrogen (secondary N) is 1. The van der Waals surface area contributed by atoms with Crippen LogP contribution in [-0.2, 0) is 24.8 Å². The second kappa shape index (κ2) is 11.2. The molecule has 0 aromatic heterocycles. The van der Waals surface area contributed by atoms with Crippen LogP contribution >= 0.6 is 11.6 Å². The van der Waals surface area contributed by atoms with Gasteiger partial charge in [0.2, 0.25) is 15.9 Å². The fraction of sp³-hybridized carbons (Fsp3) is 0.269. The van der Waals surface area contributed by atoms with Gasteiger partial charge in [-0.3, -0.25) is 9.10 Å². The zero-order valence-corrected chi connectivity index (χ0v) is 22.7. The average molecular weight is 562 g/mol. The molecule has 1 amide bonds. The van der Waals surface area contributed by atoms with Crippen molar-refractivity contribution in [2.75, 3.05) is 29.3 Å². The third-order valence-corrected chi connectivity index (χ3v) is 10.1. The molecule has 1 aliphatic rings. The third-order valence-electron chi connectivity index (χ3n) is 6.10. The lowest BCUT2D eigenvalue weighted by Crippen LogP contribution is -2.38. The van der Waals surface area contributed by atoms with Crippen molar-refractivity contribution in [2.45, 2.75) is 36.0 Å². The molecule has 1 aliphatic heterocycles. The van der Waals surface area contributed by atoms with E-state index in [0.29, 0.717) is 29.5 Å². The molecule has 3 aromatic rings. The SMILES string of the molecule is Cc1ccc(N(CC(=O)Nc2ccc(S(=O)(=O)N3CCCCC3)cc2)S(=O)(=O)c2ccc(Cl)cc2)cc1. The minimum atomic E-state index is -4.08. The largest absolute Gasteiger partial charge is 0.325 e. The number of sulfonamides is 2. The second-order valence-corrected chi connectivity index (χ2v) is 13.1. The molecule has 8 nitrogen and oxygen atoms in total. The molecule has 1 heterocycles. The summed E-state index contributed by atoms with van der Waals surface area (Å²) in [6, 6.07) is 18.4. The van der Waals surface area contributed by atoms with Crippen LogP contribution in [0.25, 0.3) is 0 Å². The zero-order valence-electron chi connectivity index (χ0n) is 20.3. The van der Waals surface area contributed by atoms with Gasteiger partial charge in [0.25, 0.3) is 10.0 Å². The van der Waals surface area contributed by atoms with Crippen molar-refractivity contribution in [1.29, 1.82) is 0 Å². The van der Waals surface area contributed by atoms with Crippen LogP contribution in [0.3, 0.4) is 0 Å². The summed E-state index contributed by atoms with van der Waals surface area (Å²) < 4.78 is 55.2. The lowest BCUT2D eigenvalue weighted by molar-refractivity contribution is -0.114. The van der Waals surface area contributed by atoms with E-state index in [4.69, 9.17) is 11.6 Å². The van der Waals surface area contributed by atoms with Crippen molar-refractivity contribution in [1.82, 2.24) is 4.31 Å². The van der Waals surface area contributed by atoms with Crippen LogP contribution in [0.2, 0.25) is 5.02 Å². The van der Waals surface area contributed by atoms with Gasteiger partial charge in [-0.05, 0) is 80.4 Å². The van der Waals surface area contributed by atoms with E-state index in [1.807, 2.05) is 6.92 Å². The number of piperidine rings is 1. The summed E-state index contributed by atoms with van der Waals surface area (Å²) in [5, 5.41) is 3.06. The highest BCUT2D eigenvalue weighted by Gasteiger charge is 2.28. The van der Waals surface area contributed by atoms with Crippen LogP contribution in [0.15, 0.2) is 82.6 Å². The Morgan fingerprint density at radius 1 is 0.838 bits per heavy atom. The average Bonchev–Trinajstić information content (AvgIpc) is 2.89. The van der Waals surface area contributed by atoms with Gasteiger partial charge in [-0.1, -0.05) is 35.7 Å². The number of amides is 1. The Morgan fingerprint density at radius 3 is 2.00 bits per heavy atom. The van der Waals surface area contributed by atoms with Gasteiger partial charge >= 0.3 is 0 Å². The molecule has 37 heavy (non-hydrogen) atoms. The summed E-state index contributed by atoms with van der Waals surface area (Å²) in [5.41, 5.74) is 1.63. The second-order valence-electron chi connectivity index (χ2n) is 8.84. The maximum Gasteiger partial charge on any atom is 0.264 e. The maximum absolute atomic E-state index is 13.5. The molecule has 1 N–H and O–H groups in total. The van der Waals surface area contributed by atoms with Gasteiger partial charge in [0, 0.05) is 23.8 Å². The summed E-state index contributed by atoms with van der Waals surface area (Å²) >= 11 is 5.92. The number of aryl methyl sites for hydroxylation is 1. The minimum absolute atomic E-state index is 0.00227. The van der Waals surface area contributed by atoms with Crippen molar-refractivity contribution in [3.05, 3.63) is 83.4 Å². The Labute approximate surface area is 223 Å². The van der Waals surface area contributed by atoms with Crippen LogP contribution in [0.5, 0.6) is 0 Å². The molecule has 0 radical (unpaired) electrons. The fourth-order valence-corrected chi connectivity index (χ4v) is 7.12. The monoisotopic (exact) mass is 561 g/mol. The van der Waals surface area contributed by atoms with E-state index < -0.39 is 32.5 Å². The van der Waals surface area contributed by atoms with Crippen LogP contribution in [0, 0.1) is 6.92 Å². The van der Waals surface area contributed by atoms with E-state index >= 15 is 0 Å². The highest BCUT2D eigenvalue weighted by Crippen LogP contribution is 2.26. The van der Waals surface area contributed by atoms with E-state index in [-0.39, 0.29) is 9.79 Å². The first-order valence-electron chi connectivity index (χ1n) is 11.8. The number of carbonyl (C=O) groups excluding carboxylic acids is 1. The molecule has 0 saturated carbocycles. The van der Waals surface area contributed by atoms with E-state index in [1.54, 1.807) is 24.3 Å². The molecule has 0 spiro atoms. The summed E-state index contributed by atoms with van der Waals surface area (Å²) in [5.74, 6) is -0.579. The predicted octanol–water partition coefficient (Wildman–Crippen LogP) is 4.66. The predicted molar refractivity (Wildman–Crippen MR) is 145 cm³/mol. The smallest absolute Gasteiger partial charge is 0.264 e. The molecule has 11 heteroatoms. The number of rotatable bonds is 8. The molecular weight excluding hydrogens is 534 g/mol. The summed E-state index contributed by atoms with van der Waals surface area (Å²) in [6.45, 7) is 2.39. The lowest BCUT2D eigenvalue weighted by Gasteiger charge is -2.26. The number of hydrogen-bond donors (Lipinski definition) is 1. The molecule has 1 saturated heterocycles. The van der Waals surface area contributed by atoms with E-state index in [9.17, 15) is 21.6 Å². The van der Waals surface area contributed by atoms with Crippen LogP contribution in [-0.4, -0.2) is 46.7 Å². The number of nitrogens with zero attached hydrogens (tertiary/aromatic N) is 2. The summed E-state index contributed by atoms with van der Waals surface area (Å²) in [6.07, 6.45) is 2.69. The molecule has 0 aliphatic carbocycles. The minimum Gasteiger partial charge on any atom is -0.325 e. The Kier molecular flexibility index (Phi) is 8.23. The van der Waals surface area contributed by atoms with Crippen molar-refractivity contribution in [2.24, 2.45) is 0 Å². The number of anilines is 2. The van der Waals surface area contributed by atoms with Crippen molar-refractivity contribution < 1.29 is 21.6 Å². The highest BCUT2D eigenvalue weighted by molar-refractivity contribution is 7.92. The van der Waals surface area contributed by atoms with E-state index in [0.717, 1.165) is 29.1 Å². The van der Waals surface area contributed by atoms with Crippen LogP contribution < -0.4 is 9.62 Å². The van der Waals surface area contributed by atoms with E-state index in [2.05, 4.69) is 5.32 Å². The molecular formula is C26H28ClN3O5S2. The summed E-state index contributed by atoms with van der Waals surface area (Å²) in [4.78, 5) is 13.1. The van der Waals surface area contributed by atoms with Gasteiger partial charge in [-0.2, -0.15) is 4.31 Å². The van der Waals surface area contributed by atoms with Crippen molar-refractivity contribution in [3.63, 3.8) is 0 Å². The molecule has 196 valence electrons. The Bertz CT molecular complexity index is 1450.